The van der Waals surface area contributed by atoms with E-state index in [9.17, 15) is 5.11 Å². The summed E-state index contributed by atoms with van der Waals surface area (Å²) in [6.45, 7) is 1.99. The summed E-state index contributed by atoms with van der Waals surface area (Å²) in [7, 11) is 0. The fourth-order valence-electron chi connectivity index (χ4n) is 0.987. The minimum absolute atomic E-state index is 0.220. The van der Waals surface area contributed by atoms with Gasteiger partial charge in [-0.1, -0.05) is 25.1 Å². The molecule has 1 unspecified atom stereocenters. The number of phenolic OH excluding ortho intramolecular Hbond substituents is 1. The smallest absolute Gasteiger partial charge is 0.119 e. The summed E-state index contributed by atoms with van der Waals surface area (Å²) in [6, 6.07) is 7.28. The Morgan fingerprint density at radius 2 is 2.09 bits per heavy atom. The average molecular weight is 171 g/mol. The summed E-state index contributed by atoms with van der Waals surface area (Å²) in [6.07, 6.45) is 0. The molecule has 0 bridgehead atoms. The maximum absolute atomic E-state index is 9.35. The van der Waals surface area contributed by atoms with Crippen LogP contribution in [0.1, 0.15) is 18.4 Å². The predicted octanol–water partition coefficient (Wildman–Crippen LogP) is 2.73. The molecule has 2 heteroatoms. The van der Waals surface area contributed by atoms with Crippen molar-refractivity contribution in [1.82, 2.24) is 0 Å². The molecule has 0 radical (unpaired) electrons. The van der Waals surface area contributed by atoms with Crippen LogP contribution in [0.3, 0.4) is 0 Å². The zero-order valence-corrected chi connectivity index (χ0v) is 7.17. The molecule has 0 aliphatic heterocycles. The summed E-state index contributed by atoms with van der Waals surface area (Å²) in [5.41, 5.74) is 0.919. The SMILES string of the molecule is CC(CCl)c1ccccc1O. The van der Waals surface area contributed by atoms with Gasteiger partial charge in [0.15, 0.2) is 0 Å². The lowest BCUT2D eigenvalue weighted by Gasteiger charge is -2.08. The average Bonchev–Trinajstić information content (AvgIpc) is 2.04. The predicted molar refractivity (Wildman–Crippen MR) is 47.2 cm³/mol. The Kier molecular flexibility index (Phi) is 2.77. The van der Waals surface area contributed by atoms with Crippen LogP contribution in [0.15, 0.2) is 24.3 Å². The van der Waals surface area contributed by atoms with E-state index in [2.05, 4.69) is 0 Å². The van der Waals surface area contributed by atoms with Crippen molar-refractivity contribution < 1.29 is 5.11 Å². The van der Waals surface area contributed by atoms with E-state index in [-0.39, 0.29) is 5.92 Å². The van der Waals surface area contributed by atoms with Gasteiger partial charge >= 0.3 is 0 Å². The highest BCUT2D eigenvalue weighted by Crippen LogP contribution is 2.25. The van der Waals surface area contributed by atoms with Crippen LogP contribution in [0, 0.1) is 0 Å². The molecule has 0 heterocycles. The highest BCUT2D eigenvalue weighted by molar-refractivity contribution is 6.18. The molecule has 0 fully saturated rings. The van der Waals surface area contributed by atoms with E-state index in [1.165, 1.54) is 0 Å². The number of rotatable bonds is 2. The second kappa shape index (κ2) is 3.63. The zero-order valence-electron chi connectivity index (χ0n) is 6.42. The number of benzene rings is 1. The third-order valence-corrected chi connectivity index (χ3v) is 2.16. The van der Waals surface area contributed by atoms with Gasteiger partial charge in [0.05, 0.1) is 0 Å². The van der Waals surface area contributed by atoms with Gasteiger partial charge in [-0.05, 0) is 17.5 Å². The van der Waals surface area contributed by atoms with Crippen LogP contribution in [0.5, 0.6) is 5.75 Å². The molecule has 1 rings (SSSR count). The Labute approximate surface area is 71.6 Å². The van der Waals surface area contributed by atoms with E-state index in [1.807, 2.05) is 19.1 Å². The summed E-state index contributed by atoms with van der Waals surface area (Å²) < 4.78 is 0. The molecular weight excluding hydrogens is 160 g/mol. The van der Waals surface area contributed by atoms with Gasteiger partial charge in [-0.3, -0.25) is 0 Å². The number of hydrogen-bond acceptors (Lipinski definition) is 1. The van der Waals surface area contributed by atoms with Crippen molar-refractivity contribution in [3.63, 3.8) is 0 Å². The van der Waals surface area contributed by atoms with E-state index in [0.29, 0.717) is 11.6 Å². The highest BCUT2D eigenvalue weighted by Gasteiger charge is 2.06. The first-order valence-corrected chi connectivity index (χ1v) is 4.13. The van der Waals surface area contributed by atoms with Crippen molar-refractivity contribution in [2.24, 2.45) is 0 Å². The number of aromatic hydroxyl groups is 1. The first kappa shape index (κ1) is 8.41. The largest absolute Gasteiger partial charge is 0.508 e. The van der Waals surface area contributed by atoms with Crippen LogP contribution >= 0.6 is 11.6 Å². The van der Waals surface area contributed by atoms with Crippen molar-refractivity contribution in [2.75, 3.05) is 5.88 Å². The number of alkyl halides is 1. The molecule has 1 nitrogen and oxygen atoms in total. The second-order valence-corrected chi connectivity index (χ2v) is 2.92. The third-order valence-electron chi connectivity index (χ3n) is 1.70. The van der Waals surface area contributed by atoms with Gasteiger partial charge in [0.2, 0.25) is 0 Å². The van der Waals surface area contributed by atoms with Gasteiger partial charge < -0.3 is 5.11 Å². The van der Waals surface area contributed by atoms with Gasteiger partial charge in [-0.15, -0.1) is 11.6 Å². The van der Waals surface area contributed by atoms with Gasteiger partial charge in [0.1, 0.15) is 5.75 Å². The molecule has 0 aliphatic carbocycles. The number of phenols is 1. The van der Waals surface area contributed by atoms with E-state index in [0.717, 1.165) is 5.56 Å². The standard InChI is InChI=1S/C9H11ClO/c1-7(6-10)8-4-2-3-5-9(8)11/h2-5,7,11H,6H2,1H3. The molecule has 60 valence electrons. The number of para-hydroxylation sites is 1. The van der Waals surface area contributed by atoms with Crippen LogP contribution in [0.4, 0.5) is 0 Å². The molecule has 1 atom stereocenters. The summed E-state index contributed by atoms with van der Waals surface area (Å²) in [4.78, 5) is 0. The number of hydrogen-bond donors (Lipinski definition) is 1. The van der Waals surface area contributed by atoms with Gasteiger partial charge in [-0.25, -0.2) is 0 Å². The Bertz CT molecular complexity index is 235. The van der Waals surface area contributed by atoms with Crippen molar-refractivity contribution in [1.29, 1.82) is 0 Å². The molecule has 1 aromatic carbocycles. The fourth-order valence-corrected chi connectivity index (χ4v) is 1.15. The molecule has 0 saturated carbocycles. The van der Waals surface area contributed by atoms with Crippen molar-refractivity contribution in [2.45, 2.75) is 12.8 Å². The molecule has 0 saturated heterocycles. The second-order valence-electron chi connectivity index (χ2n) is 2.61. The minimum Gasteiger partial charge on any atom is -0.508 e. The van der Waals surface area contributed by atoms with Gasteiger partial charge in [0.25, 0.3) is 0 Å². The van der Waals surface area contributed by atoms with Crippen molar-refractivity contribution in [3.8, 4) is 5.75 Å². The maximum atomic E-state index is 9.35. The molecule has 1 N–H and O–H groups in total. The third kappa shape index (κ3) is 1.87. The topological polar surface area (TPSA) is 20.2 Å². The van der Waals surface area contributed by atoms with Crippen LogP contribution in [0.25, 0.3) is 0 Å². The van der Waals surface area contributed by atoms with Crippen LogP contribution < -0.4 is 0 Å². The first-order valence-electron chi connectivity index (χ1n) is 3.59. The minimum atomic E-state index is 0.220. The van der Waals surface area contributed by atoms with Crippen LogP contribution in [-0.2, 0) is 0 Å². The Morgan fingerprint density at radius 3 is 2.64 bits per heavy atom. The lowest BCUT2D eigenvalue weighted by Crippen LogP contribution is -1.94. The number of halogens is 1. The molecular formula is C9H11ClO. The summed E-state index contributed by atoms with van der Waals surface area (Å²) in [5.74, 6) is 1.09. The monoisotopic (exact) mass is 170 g/mol. The zero-order chi connectivity index (χ0) is 8.27. The van der Waals surface area contributed by atoms with Crippen molar-refractivity contribution >= 4 is 11.6 Å². The molecule has 0 aromatic heterocycles. The van der Waals surface area contributed by atoms with E-state index in [1.54, 1.807) is 12.1 Å². The Balaban J connectivity index is 2.93. The van der Waals surface area contributed by atoms with Gasteiger partial charge in [0, 0.05) is 5.88 Å². The fraction of sp³-hybridized carbons (Fsp3) is 0.333. The summed E-state index contributed by atoms with van der Waals surface area (Å²) in [5, 5.41) is 9.35. The molecule has 0 spiro atoms. The van der Waals surface area contributed by atoms with Crippen molar-refractivity contribution in [3.05, 3.63) is 29.8 Å². The van der Waals surface area contributed by atoms with E-state index in [4.69, 9.17) is 11.6 Å². The molecule has 11 heavy (non-hydrogen) atoms. The summed E-state index contributed by atoms with van der Waals surface area (Å²) >= 11 is 5.65. The maximum Gasteiger partial charge on any atom is 0.119 e. The molecule has 0 amide bonds. The Morgan fingerprint density at radius 1 is 1.45 bits per heavy atom. The first-order chi connectivity index (χ1) is 5.25. The normalized spacial score (nSPS) is 12.9. The quantitative estimate of drug-likeness (QED) is 0.677. The van der Waals surface area contributed by atoms with Gasteiger partial charge in [-0.2, -0.15) is 0 Å². The highest BCUT2D eigenvalue weighted by atomic mass is 35.5. The van der Waals surface area contributed by atoms with E-state index < -0.39 is 0 Å². The lowest BCUT2D eigenvalue weighted by molar-refractivity contribution is 0.465. The van der Waals surface area contributed by atoms with Crippen LogP contribution in [-0.4, -0.2) is 11.0 Å². The lowest BCUT2D eigenvalue weighted by atomic mass is 10.0. The molecule has 1 aromatic rings. The van der Waals surface area contributed by atoms with Crippen LogP contribution in [0.2, 0.25) is 0 Å². The Hall–Kier alpha value is -0.690. The molecule has 0 aliphatic rings. The van der Waals surface area contributed by atoms with E-state index >= 15 is 0 Å².